The molecule has 2 heterocycles. The van der Waals surface area contributed by atoms with Crippen LogP contribution in [0.2, 0.25) is 0 Å². The normalized spacial score (nSPS) is 13.9. The van der Waals surface area contributed by atoms with Crippen LogP contribution >= 0.6 is 11.3 Å². The van der Waals surface area contributed by atoms with Crippen LogP contribution in [-0.4, -0.2) is 19.0 Å². The predicted octanol–water partition coefficient (Wildman–Crippen LogP) is 2.82. The Morgan fingerprint density at radius 1 is 1.25 bits per heavy atom. The van der Waals surface area contributed by atoms with Crippen molar-refractivity contribution >= 4 is 22.9 Å². The summed E-state index contributed by atoms with van der Waals surface area (Å²) in [5.41, 5.74) is 2.56. The third-order valence-electron chi connectivity index (χ3n) is 3.58. The molecular formula is C16H18N2OS. The number of anilines is 1. The molecule has 0 spiro atoms. The summed E-state index contributed by atoms with van der Waals surface area (Å²) in [6, 6.07) is 12.4. The van der Waals surface area contributed by atoms with Crippen LogP contribution in [-0.2, 0) is 17.8 Å². The fourth-order valence-electron chi connectivity index (χ4n) is 2.60. The van der Waals surface area contributed by atoms with Gasteiger partial charge in [0.2, 0.25) is 5.91 Å². The van der Waals surface area contributed by atoms with Crippen molar-refractivity contribution in [3.63, 3.8) is 0 Å². The molecule has 0 fully saturated rings. The molecule has 1 aliphatic rings. The van der Waals surface area contributed by atoms with Gasteiger partial charge in [0.15, 0.2) is 0 Å². The van der Waals surface area contributed by atoms with Gasteiger partial charge in [0.05, 0.1) is 13.1 Å². The average molecular weight is 286 g/mol. The predicted molar refractivity (Wildman–Crippen MR) is 83.1 cm³/mol. The minimum Gasteiger partial charge on any atom is -0.362 e. The Bertz CT molecular complexity index is 580. The maximum Gasteiger partial charge on any atom is 0.239 e. The molecule has 2 aromatic rings. The zero-order valence-corrected chi connectivity index (χ0v) is 12.2. The van der Waals surface area contributed by atoms with Crippen LogP contribution in [0.5, 0.6) is 0 Å². The van der Waals surface area contributed by atoms with Crippen LogP contribution in [0.4, 0.5) is 5.69 Å². The number of rotatable bonds is 4. The van der Waals surface area contributed by atoms with E-state index in [0.29, 0.717) is 13.1 Å². The number of thiophene rings is 1. The third-order valence-corrected chi connectivity index (χ3v) is 4.46. The molecule has 0 bridgehead atoms. The van der Waals surface area contributed by atoms with Gasteiger partial charge in [-0.3, -0.25) is 4.79 Å². The molecule has 20 heavy (non-hydrogen) atoms. The second kappa shape index (κ2) is 6.09. The van der Waals surface area contributed by atoms with E-state index in [-0.39, 0.29) is 5.91 Å². The first kappa shape index (κ1) is 13.2. The number of aryl methyl sites for hydroxylation is 1. The van der Waals surface area contributed by atoms with Crippen LogP contribution in [0.3, 0.4) is 0 Å². The molecule has 3 rings (SSSR count). The number of fused-ring (bicyclic) bond motifs is 1. The molecule has 1 aromatic heterocycles. The van der Waals surface area contributed by atoms with Crippen LogP contribution < -0.4 is 10.2 Å². The highest BCUT2D eigenvalue weighted by atomic mass is 32.1. The number of nitrogens with zero attached hydrogens (tertiary/aromatic N) is 1. The van der Waals surface area contributed by atoms with Gasteiger partial charge >= 0.3 is 0 Å². The highest BCUT2D eigenvalue weighted by molar-refractivity contribution is 7.09. The Hall–Kier alpha value is -1.81. The monoisotopic (exact) mass is 286 g/mol. The Kier molecular flexibility index (Phi) is 4.02. The van der Waals surface area contributed by atoms with Gasteiger partial charge in [0, 0.05) is 17.1 Å². The van der Waals surface area contributed by atoms with E-state index in [9.17, 15) is 4.79 Å². The number of hydrogen-bond acceptors (Lipinski definition) is 3. The molecule has 1 amide bonds. The molecule has 1 aromatic carbocycles. The maximum absolute atomic E-state index is 12.1. The smallest absolute Gasteiger partial charge is 0.239 e. The number of carbonyl (C=O) groups excluding carboxylic acids is 1. The molecule has 0 saturated carbocycles. The van der Waals surface area contributed by atoms with E-state index in [4.69, 9.17) is 0 Å². The van der Waals surface area contributed by atoms with Crippen molar-refractivity contribution in [2.75, 3.05) is 18.0 Å². The summed E-state index contributed by atoms with van der Waals surface area (Å²) >= 11 is 1.67. The standard InChI is InChI=1S/C16H18N2OS/c19-16(17-11-14-7-4-10-20-14)12-18-9-3-6-13-5-1-2-8-15(13)18/h1-2,4-5,7-8,10H,3,6,9,11-12H2,(H,17,19). The molecule has 0 aliphatic carbocycles. The Morgan fingerprint density at radius 3 is 3.00 bits per heavy atom. The first-order chi connectivity index (χ1) is 9.83. The van der Waals surface area contributed by atoms with Gasteiger partial charge in [-0.1, -0.05) is 24.3 Å². The minimum atomic E-state index is 0.0927. The van der Waals surface area contributed by atoms with Crippen molar-refractivity contribution in [3.05, 3.63) is 52.2 Å². The molecular weight excluding hydrogens is 268 g/mol. The summed E-state index contributed by atoms with van der Waals surface area (Å²) < 4.78 is 0. The zero-order chi connectivity index (χ0) is 13.8. The van der Waals surface area contributed by atoms with Crippen LogP contribution in [0.25, 0.3) is 0 Å². The third kappa shape index (κ3) is 3.02. The van der Waals surface area contributed by atoms with Crippen molar-refractivity contribution < 1.29 is 4.79 Å². The Morgan fingerprint density at radius 2 is 2.15 bits per heavy atom. The molecule has 1 aliphatic heterocycles. The lowest BCUT2D eigenvalue weighted by Crippen LogP contribution is -2.39. The summed E-state index contributed by atoms with van der Waals surface area (Å²) in [5, 5.41) is 5.02. The lowest BCUT2D eigenvalue weighted by Gasteiger charge is -2.30. The van der Waals surface area contributed by atoms with Crippen molar-refractivity contribution in [2.45, 2.75) is 19.4 Å². The topological polar surface area (TPSA) is 32.3 Å². The number of carbonyl (C=O) groups is 1. The molecule has 4 heteroatoms. The highest BCUT2D eigenvalue weighted by Gasteiger charge is 2.18. The minimum absolute atomic E-state index is 0.0927. The van der Waals surface area contributed by atoms with E-state index in [1.165, 1.54) is 16.1 Å². The van der Waals surface area contributed by atoms with Gasteiger partial charge in [0.25, 0.3) is 0 Å². The first-order valence-corrected chi connectivity index (χ1v) is 7.83. The van der Waals surface area contributed by atoms with Crippen LogP contribution in [0, 0.1) is 0 Å². The van der Waals surface area contributed by atoms with E-state index in [2.05, 4.69) is 28.4 Å². The van der Waals surface area contributed by atoms with Gasteiger partial charge in [-0.2, -0.15) is 0 Å². The second-order valence-corrected chi connectivity index (χ2v) is 6.04. The number of hydrogen-bond donors (Lipinski definition) is 1. The molecule has 0 unspecified atom stereocenters. The molecule has 0 saturated heterocycles. The van der Waals surface area contributed by atoms with Crippen molar-refractivity contribution in [3.8, 4) is 0 Å². The van der Waals surface area contributed by atoms with Gasteiger partial charge in [-0.05, 0) is 35.9 Å². The largest absolute Gasteiger partial charge is 0.362 e. The molecule has 0 atom stereocenters. The van der Waals surface area contributed by atoms with Crippen molar-refractivity contribution in [1.29, 1.82) is 0 Å². The van der Waals surface area contributed by atoms with E-state index in [1.54, 1.807) is 11.3 Å². The zero-order valence-electron chi connectivity index (χ0n) is 11.3. The van der Waals surface area contributed by atoms with Gasteiger partial charge in [0.1, 0.15) is 0 Å². The number of nitrogens with one attached hydrogen (secondary N) is 1. The fraction of sp³-hybridized carbons (Fsp3) is 0.312. The van der Waals surface area contributed by atoms with Crippen LogP contribution in [0.15, 0.2) is 41.8 Å². The summed E-state index contributed by atoms with van der Waals surface area (Å²) in [6.45, 7) is 2.04. The SMILES string of the molecule is O=C(CN1CCCc2ccccc21)NCc1cccs1. The quantitative estimate of drug-likeness (QED) is 0.937. The fourth-order valence-corrected chi connectivity index (χ4v) is 3.25. The first-order valence-electron chi connectivity index (χ1n) is 6.95. The van der Waals surface area contributed by atoms with Crippen LogP contribution in [0.1, 0.15) is 16.9 Å². The number of para-hydroxylation sites is 1. The summed E-state index contributed by atoms with van der Waals surface area (Å²) in [6.07, 6.45) is 2.23. The average Bonchev–Trinajstić information content (AvgIpc) is 2.99. The van der Waals surface area contributed by atoms with Crippen molar-refractivity contribution in [1.82, 2.24) is 5.32 Å². The van der Waals surface area contributed by atoms with Gasteiger partial charge in [-0.25, -0.2) is 0 Å². The summed E-state index contributed by atoms with van der Waals surface area (Å²) in [5.74, 6) is 0.0927. The second-order valence-electron chi connectivity index (χ2n) is 5.01. The number of benzene rings is 1. The number of amides is 1. The van der Waals surface area contributed by atoms with E-state index < -0.39 is 0 Å². The van der Waals surface area contributed by atoms with Gasteiger partial charge in [-0.15, -0.1) is 11.3 Å². The lowest BCUT2D eigenvalue weighted by atomic mass is 10.0. The summed E-state index contributed by atoms with van der Waals surface area (Å²) in [7, 11) is 0. The molecule has 0 radical (unpaired) electrons. The highest BCUT2D eigenvalue weighted by Crippen LogP contribution is 2.26. The molecule has 3 nitrogen and oxygen atoms in total. The molecule has 1 N–H and O–H groups in total. The lowest BCUT2D eigenvalue weighted by molar-refractivity contribution is -0.119. The Balaban J connectivity index is 1.59. The van der Waals surface area contributed by atoms with Gasteiger partial charge < -0.3 is 10.2 Å². The maximum atomic E-state index is 12.1. The van der Waals surface area contributed by atoms with Crippen molar-refractivity contribution in [2.24, 2.45) is 0 Å². The molecule has 104 valence electrons. The Labute approximate surface area is 123 Å². The van der Waals surface area contributed by atoms with E-state index in [0.717, 1.165) is 19.4 Å². The van der Waals surface area contributed by atoms with E-state index >= 15 is 0 Å². The van der Waals surface area contributed by atoms with E-state index in [1.807, 2.05) is 23.6 Å². The summed E-state index contributed by atoms with van der Waals surface area (Å²) in [4.78, 5) is 15.4.